The van der Waals surface area contributed by atoms with Gasteiger partial charge in [-0.3, -0.25) is 14.4 Å². The van der Waals surface area contributed by atoms with E-state index in [-0.39, 0.29) is 25.3 Å². The minimum Gasteiger partial charge on any atom is -0.454 e. The molecule has 0 aromatic heterocycles. The molecule has 9 heteroatoms. The van der Waals surface area contributed by atoms with Crippen molar-refractivity contribution >= 4 is 34.8 Å². The first-order chi connectivity index (χ1) is 17.4. The van der Waals surface area contributed by atoms with E-state index in [2.05, 4.69) is 10.6 Å². The molecule has 0 bridgehead atoms. The molecule has 0 radical (unpaired) electrons. The number of nitrogens with zero attached hydrogens (tertiary/aromatic N) is 1. The predicted molar refractivity (Wildman–Crippen MR) is 135 cm³/mol. The quantitative estimate of drug-likeness (QED) is 0.440. The normalized spacial score (nSPS) is 11.6. The molecule has 9 nitrogen and oxygen atoms in total. The average molecular weight is 490 g/mol. The molecule has 1 aliphatic rings. The molecule has 2 N–H and O–H groups in total. The Morgan fingerprint density at radius 3 is 2.33 bits per heavy atom. The number of anilines is 3. The molecule has 0 unspecified atom stereocenters. The van der Waals surface area contributed by atoms with Gasteiger partial charge in [-0.15, -0.1) is 0 Å². The first-order valence-corrected chi connectivity index (χ1v) is 11.5. The van der Waals surface area contributed by atoms with Crippen LogP contribution in [0.3, 0.4) is 0 Å². The lowest BCUT2D eigenvalue weighted by atomic mass is 10.2. The van der Waals surface area contributed by atoms with E-state index in [4.69, 9.17) is 14.2 Å². The molecule has 3 aromatic carbocycles. The largest absolute Gasteiger partial charge is 0.454 e. The van der Waals surface area contributed by atoms with Crippen LogP contribution >= 0.6 is 0 Å². The fourth-order valence-corrected chi connectivity index (χ4v) is 3.68. The van der Waals surface area contributed by atoms with E-state index in [9.17, 15) is 14.4 Å². The van der Waals surface area contributed by atoms with Crippen molar-refractivity contribution in [1.29, 1.82) is 0 Å². The molecule has 0 saturated carbocycles. The third-order valence-electron chi connectivity index (χ3n) is 5.38. The number of ether oxygens (including phenoxy) is 3. The van der Waals surface area contributed by atoms with Gasteiger partial charge in [0.15, 0.2) is 18.1 Å². The zero-order valence-electron chi connectivity index (χ0n) is 20.0. The van der Waals surface area contributed by atoms with Crippen LogP contribution < -0.4 is 25.0 Å². The number of para-hydroxylation sites is 1. The zero-order chi connectivity index (χ0) is 25.5. The van der Waals surface area contributed by atoms with Crippen LogP contribution in [0.25, 0.3) is 0 Å². The van der Waals surface area contributed by atoms with Crippen LogP contribution in [-0.2, 0) is 14.3 Å². The van der Waals surface area contributed by atoms with E-state index in [0.29, 0.717) is 22.7 Å². The molecule has 0 saturated heterocycles. The van der Waals surface area contributed by atoms with Gasteiger partial charge >= 0.3 is 5.97 Å². The van der Waals surface area contributed by atoms with Crippen molar-refractivity contribution in [1.82, 2.24) is 5.32 Å². The van der Waals surface area contributed by atoms with E-state index in [0.717, 1.165) is 11.4 Å². The summed E-state index contributed by atoms with van der Waals surface area (Å²) in [7, 11) is 0. The number of esters is 1. The van der Waals surface area contributed by atoms with Gasteiger partial charge in [-0.25, -0.2) is 0 Å². The molecule has 2 amide bonds. The fraction of sp³-hybridized carbons (Fsp3) is 0.222. The third-order valence-corrected chi connectivity index (χ3v) is 5.38. The Kier molecular flexibility index (Phi) is 7.69. The van der Waals surface area contributed by atoms with Gasteiger partial charge in [0.1, 0.15) is 6.54 Å². The minimum atomic E-state index is -0.719. The number of benzene rings is 3. The minimum absolute atomic E-state index is 0.100. The van der Waals surface area contributed by atoms with Crippen LogP contribution in [0.15, 0.2) is 72.8 Å². The van der Waals surface area contributed by atoms with E-state index < -0.39 is 18.5 Å². The van der Waals surface area contributed by atoms with Crippen molar-refractivity contribution in [2.24, 2.45) is 0 Å². The maximum atomic E-state index is 12.9. The first-order valence-electron chi connectivity index (χ1n) is 11.5. The monoisotopic (exact) mass is 489 g/mol. The SMILES string of the molecule is CC(C)N(C(=O)COC(=O)CNC(=O)c1ccc2c(c1)OCO2)c1ccc(Nc2ccccc2)cc1. The number of rotatable bonds is 9. The van der Waals surface area contributed by atoms with Crippen molar-refractivity contribution in [3.05, 3.63) is 78.4 Å². The van der Waals surface area contributed by atoms with Crippen molar-refractivity contribution in [3.8, 4) is 11.5 Å². The lowest BCUT2D eigenvalue weighted by molar-refractivity contribution is -0.146. The van der Waals surface area contributed by atoms with Crippen LogP contribution in [-0.4, -0.2) is 43.8 Å². The number of fused-ring (bicyclic) bond motifs is 1. The Bertz CT molecular complexity index is 1230. The number of amides is 2. The molecule has 3 aromatic rings. The summed E-state index contributed by atoms with van der Waals surface area (Å²) < 4.78 is 15.6. The van der Waals surface area contributed by atoms with Crippen LogP contribution in [0, 0.1) is 0 Å². The van der Waals surface area contributed by atoms with E-state index in [1.54, 1.807) is 17.0 Å². The van der Waals surface area contributed by atoms with Gasteiger partial charge in [0.25, 0.3) is 11.8 Å². The standard InChI is InChI=1S/C27H27N3O6/c1-18(2)30(22-11-9-21(10-12-22)29-20-6-4-3-5-7-20)25(31)16-34-26(32)15-28-27(33)19-8-13-23-24(14-19)36-17-35-23/h3-14,18,29H,15-17H2,1-2H3,(H,28,33). The second-order valence-corrected chi connectivity index (χ2v) is 8.31. The topological polar surface area (TPSA) is 106 Å². The van der Waals surface area contributed by atoms with Gasteiger partial charge in [-0.1, -0.05) is 18.2 Å². The molecule has 0 spiro atoms. The van der Waals surface area contributed by atoms with E-state index in [1.807, 2.05) is 68.4 Å². The molecule has 1 heterocycles. The average Bonchev–Trinajstić information content (AvgIpc) is 3.35. The van der Waals surface area contributed by atoms with E-state index in [1.165, 1.54) is 6.07 Å². The number of hydrogen-bond acceptors (Lipinski definition) is 7. The summed E-state index contributed by atoms with van der Waals surface area (Å²) in [6.45, 7) is 3.04. The lowest BCUT2D eigenvalue weighted by Crippen LogP contribution is -2.40. The second-order valence-electron chi connectivity index (χ2n) is 8.31. The maximum Gasteiger partial charge on any atom is 0.325 e. The van der Waals surface area contributed by atoms with Crippen molar-refractivity contribution in [3.63, 3.8) is 0 Å². The zero-order valence-corrected chi connectivity index (χ0v) is 20.0. The molecule has 186 valence electrons. The highest BCUT2D eigenvalue weighted by atomic mass is 16.7. The number of nitrogens with one attached hydrogen (secondary N) is 2. The van der Waals surface area contributed by atoms with Crippen molar-refractivity contribution in [2.75, 3.05) is 30.2 Å². The molecular weight excluding hydrogens is 462 g/mol. The molecule has 0 aliphatic carbocycles. The number of carbonyl (C=O) groups excluding carboxylic acids is 3. The summed E-state index contributed by atoms with van der Waals surface area (Å²) in [5.41, 5.74) is 2.84. The Morgan fingerprint density at radius 1 is 0.917 bits per heavy atom. The summed E-state index contributed by atoms with van der Waals surface area (Å²) in [6.07, 6.45) is 0. The summed E-state index contributed by atoms with van der Waals surface area (Å²) in [6, 6.07) is 21.7. The molecular formula is C27H27N3O6. The highest BCUT2D eigenvalue weighted by Crippen LogP contribution is 2.32. The van der Waals surface area contributed by atoms with Gasteiger partial charge < -0.3 is 29.7 Å². The molecule has 0 atom stereocenters. The fourth-order valence-electron chi connectivity index (χ4n) is 3.68. The molecule has 0 fully saturated rings. The van der Waals surface area contributed by atoms with Gasteiger partial charge in [-0.2, -0.15) is 0 Å². The third kappa shape index (κ3) is 6.12. The molecule has 4 rings (SSSR count). The van der Waals surface area contributed by atoms with Crippen LogP contribution in [0.1, 0.15) is 24.2 Å². The summed E-state index contributed by atoms with van der Waals surface area (Å²) >= 11 is 0. The highest BCUT2D eigenvalue weighted by Gasteiger charge is 2.21. The predicted octanol–water partition coefficient (Wildman–Crippen LogP) is 3.87. The smallest absolute Gasteiger partial charge is 0.325 e. The maximum absolute atomic E-state index is 12.9. The number of carbonyl (C=O) groups is 3. The Morgan fingerprint density at radius 2 is 1.61 bits per heavy atom. The second kappa shape index (κ2) is 11.3. The Balaban J connectivity index is 1.28. The lowest BCUT2D eigenvalue weighted by Gasteiger charge is -2.27. The van der Waals surface area contributed by atoms with Gasteiger partial charge in [0, 0.05) is 28.7 Å². The number of hydrogen-bond donors (Lipinski definition) is 2. The van der Waals surface area contributed by atoms with Crippen molar-refractivity contribution in [2.45, 2.75) is 19.9 Å². The van der Waals surface area contributed by atoms with Crippen LogP contribution in [0.4, 0.5) is 17.1 Å². The summed E-state index contributed by atoms with van der Waals surface area (Å²) in [4.78, 5) is 38.9. The Labute approximate surface area is 209 Å². The highest BCUT2D eigenvalue weighted by molar-refractivity contribution is 5.98. The molecule has 36 heavy (non-hydrogen) atoms. The van der Waals surface area contributed by atoms with E-state index >= 15 is 0 Å². The van der Waals surface area contributed by atoms with Crippen LogP contribution in [0.5, 0.6) is 11.5 Å². The first kappa shape index (κ1) is 24.6. The Hall–Kier alpha value is -4.53. The van der Waals surface area contributed by atoms with Gasteiger partial charge in [0.05, 0.1) is 0 Å². The van der Waals surface area contributed by atoms with Gasteiger partial charge in [0.2, 0.25) is 6.79 Å². The van der Waals surface area contributed by atoms with Crippen LogP contribution in [0.2, 0.25) is 0 Å². The summed E-state index contributed by atoms with van der Waals surface area (Å²) in [5, 5.41) is 5.78. The van der Waals surface area contributed by atoms with Crippen molar-refractivity contribution < 1.29 is 28.6 Å². The summed E-state index contributed by atoms with van der Waals surface area (Å²) in [5.74, 6) is -0.535. The van der Waals surface area contributed by atoms with Gasteiger partial charge in [-0.05, 0) is 68.4 Å². The molecule has 1 aliphatic heterocycles.